The van der Waals surface area contributed by atoms with Crippen LogP contribution in [0.4, 0.5) is 5.88 Å². The van der Waals surface area contributed by atoms with E-state index in [-0.39, 0.29) is 17.2 Å². The maximum atomic E-state index is 12.3. The number of nitrogens with zero attached hydrogens (tertiary/aromatic N) is 5. The molecule has 154 valence electrons. The number of amides is 1. The molecule has 1 aliphatic rings. The van der Waals surface area contributed by atoms with E-state index in [2.05, 4.69) is 30.4 Å². The van der Waals surface area contributed by atoms with E-state index in [9.17, 15) is 4.79 Å². The van der Waals surface area contributed by atoms with Gasteiger partial charge in [-0.15, -0.1) is 0 Å². The number of carbonyl (C=O) groups excluding carboxylic acids is 1. The number of nitrogens with one attached hydrogen (secondary N) is 1. The molecule has 1 amide bonds. The Labute approximate surface area is 165 Å². The molecule has 3 heterocycles. The van der Waals surface area contributed by atoms with Crippen molar-refractivity contribution in [3.63, 3.8) is 0 Å². The van der Waals surface area contributed by atoms with Gasteiger partial charge in [-0.1, -0.05) is 44.9 Å². The van der Waals surface area contributed by atoms with E-state index in [0.29, 0.717) is 24.9 Å². The smallest absolute Gasteiger partial charge is 0.240 e. The van der Waals surface area contributed by atoms with Crippen LogP contribution < -0.4 is 5.32 Å². The molecule has 1 aliphatic heterocycles. The largest absolute Gasteiger partial charge is 0.338 e. The van der Waals surface area contributed by atoms with Gasteiger partial charge in [-0.25, -0.2) is 0 Å². The average Bonchev–Trinajstić information content (AvgIpc) is 3.26. The molecule has 0 saturated carbocycles. The summed E-state index contributed by atoms with van der Waals surface area (Å²) in [5, 5.41) is 10.8. The van der Waals surface area contributed by atoms with Crippen LogP contribution >= 0.6 is 0 Å². The second-order valence-electron chi connectivity index (χ2n) is 8.63. The van der Waals surface area contributed by atoms with Gasteiger partial charge >= 0.3 is 0 Å². The molecule has 0 aliphatic carbocycles. The van der Waals surface area contributed by atoms with Crippen molar-refractivity contribution >= 4 is 11.8 Å². The molecule has 0 aromatic carbocycles. The standard InChI is InChI=1S/C19H30N6O3/c1-13(2)18-21-17(28-23-18)12-25-8-6-24(7-9-25)11-15(26)20-16-10-14(22-27-16)19(3,4)5/h10,13H,6-9,11-12H2,1-5H3,(H,20,26). The van der Waals surface area contributed by atoms with Gasteiger partial charge in [-0.05, 0) is 0 Å². The number of anilines is 1. The van der Waals surface area contributed by atoms with E-state index in [0.717, 1.165) is 37.7 Å². The summed E-state index contributed by atoms with van der Waals surface area (Å²) in [4.78, 5) is 21.1. The lowest BCUT2D eigenvalue weighted by molar-refractivity contribution is -0.117. The van der Waals surface area contributed by atoms with Crippen LogP contribution in [0.3, 0.4) is 0 Å². The molecule has 0 spiro atoms. The van der Waals surface area contributed by atoms with Crippen molar-refractivity contribution in [2.75, 3.05) is 38.0 Å². The van der Waals surface area contributed by atoms with Gasteiger partial charge < -0.3 is 9.05 Å². The first-order valence-electron chi connectivity index (χ1n) is 9.75. The first kappa shape index (κ1) is 20.5. The lowest BCUT2D eigenvalue weighted by Crippen LogP contribution is -2.48. The van der Waals surface area contributed by atoms with Crippen molar-refractivity contribution in [3.05, 3.63) is 23.5 Å². The summed E-state index contributed by atoms with van der Waals surface area (Å²) in [6, 6.07) is 1.78. The fourth-order valence-electron chi connectivity index (χ4n) is 2.93. The summed E-state index contributed by atoms with van der Waals surface area (Å²) < 4.78 is 10.5. The molecule has 0 radical (unpaired) electrons. The van der Waals surface area contributed by atoms with Crippen molar-refractivity contribution in [1.82, 2.24) is 25.1 Å². The molecule has 0 atom stereocenters. The molecule has 9 nitrogen and oxygen atoms in total. The van der Waals surface area contributed by atoms with E-state index in [1.807, 2.05) is 34.6 Å². The average molecular weight is 390 g/mol. The Hall–Kier alpha value is -2.26. The Morgan fingerprint density at radius 1 is 1.14 bits per heavy atom. The van der Waals surface area contributed by atoms with Crippen molar-refractivity contribution in [1.29, 1.82) is 0 Å². The third kappa shape index (κ3) is 5.39. The van der Waals surface area contributed by atoms with Crippen molar-refractivity contribution in [2.24, 2.45) is 0 Å². The molecule has 0 unspecified atom stereocenters. The molecular weight excluding hydrogens is 360 g/mol. The number of rotatable bonds is 6. The van der Waals surface area contributed by atoms with Gasteiger partial charge in [-0.2, -0.15) is 4.98 Å². The van der Waals surface area contributed by atoms with Gasteiger partial charge in [0.15, 0.2) is 5.82 Å². The van der Waals surface area contributed by atoms with Crippen LogP contribution in [0.15, 0.2) is 15.1 Å². The summed E-state index contributed by atoms with van der Waals surface area (Å²) in [5.41, 5.74) is 0.704. The highest BCUT2D eigenvalue weighted by molar-refractivity contribution is 5.91. The fourth-order valence-corrected chi connectivity index (χ4v) is 2.93. The predicted molar refractivity (Wildman–Crippen MR) is 104 cm³/mol. The van der Waals surface area contributed by atoms with Gasteiger partial charge in [-0.3, -0.25) is 19.9 Å². The monoisotopic (exact) mass is 390 g/mol. The van der Waals surface area contributed by atoms with Crippen LogP contribution in [0.1, 0.15) is 57.9 Å². The Kier molecular flexibility index (Phi) is 6.14. The maximum Gasteiger partial charge on any atom is 0.240 e. The van der Waals surface area contributed by atoms with Crippen LogP contribution in [0.25, 0.3) is 0 Å². The zero-order valence-electron chi connectivity index (χ0n) is 17.4. The van der Waals surface area contributed by atoms with E-state index in [4.69, 9.17) is 9.05 Å². The zero-order chi connectivity index (χ0) is 20.3. The molecule has 28 heavy (non-hydrogen) atoms. The summed E-state index contributed by atoms with van der Waals surface area (Å²) in [6.07, 6.45) is 0. The number of aromatic nitrogens is 3. The Balaban J connectivity index is 1.42. The van der Waals surface area contributed by atoms with Crippen LogP contribution in [0.2, 0.25) is 0 Å². The lowest BCUT2D eigenvalue weighted by Gasteiger charge is -2.33. The van der Waals surface area contributed by atoms with Gasteiger partial charge in [0.2, 0.25) is 17.7 Å². The van der Waals surface area contributed by atoms with Crippen LogP contribution in [-0.4, -0.2) is 63.7 Å². The molecule has 1 fully saturated rings. The van der Waals surface area contributed by atoms with Gasteiger partial charge in [0.05, 0.1) is 18.8 Å². The van der Waals surface area contributed by atoms with E-state index in [1.165, 1.54) is 0 Å². The summed E-state index contributed by atoms with van der Waals surface area (Å²) in [7, 11) is 0. The van der Waals surface area contributed by atoms with Crippen LogP contribution in [0.5, 0.6) is 0 Å². The van der Waals surface area contributed by atoms with Crippen LogP contribution in [-0.2, 0) is 16.8 Å². The minimum absolute atomic E-state index is 0.0939. The third-order valence-electron chi connectivity index (χ3n) is 4.73. The van der Waals surface area contributed by atoms with Crippen LogP contribution in [0, 0.1) is 0 Å². The number of piperazine rings is 1. The molecule has 3 rings (SSSR count). The Morgan fingerprint density at radius 2 is 1.82 bits per heavy atom. The molecule has 1 saturated heterocycles. The van der Waals surface area contributed by atoms with E-state index < -0.39 is 0 Å². The lowest BCUT2D eigenvalue weighted by atomic mass is 9.92. The number of carbonyl (C=O) groups is 1. The number of hydrogen-bond donors (Lipinski definition) is 1. The molecule has 9 heteroatoms. The van der Waals surface area contributed by atoms with E-state index in [1.54, 1.807) is 6.07 Å². The maximum absolute atomic E-state index is 12.3. The normalized spacial score (nSPS) is 16.6. The molecule has 0 bridgehead atoms. The molecular formula is C19H30N6O3. The Bertz CT molecular complexity index is 784. The molecule has 2 aromatic rings. The second-order valence-corrected chi connectivity index (χ2v) is 8.63. The van der Waals surface area contributed by atoms with Gasteiger partial charge in [0, 0.05) is 43.6 Å². The minimum Gasteiger partial charge on any atom is -0.338 e. The highest BCUT2D eigenvalue weighted by Crippen LogP contribution is 2.23. The van der Waals surface area contributed by atoms with Crippen molar-refractivity contribution in [3.8, 4) is 0 Å². The third-order valence-corrected chi connectivity index (χ3v) is 4.73. The quantitative estimate of drug-likeness (QED) is 0.801. The molecule has 2 aromatic heterocycles. The fraction of sp³-hybridized carbons (Fsp3) is 0.684. The van der Waals surface area contributed by atoms with Gasteiger partial charge in [0.1, 0.15) is 0 Å². The van der Waals surface area contributed by atoms with Crippen molar-refractivity contribution in [2.45, 2.75) is 52.5 Å². The summed E-state index contributed by atoms with van der Waals surface area (Å²) in [5.74, 6) is 1.95. The summed E-state index contributed by atoms with van der Waals surface area (Å²) >= 11 is 0. The predicted octanol–water partition coefficient (Wildman–Crippen LogP) is 2.23. The minimum atomic E-state index is -0.114. The molecule has 1 N–H and O–H groups in total. The zero-order valence-corrected chi connectivity index (χ0v) is 17.4. The number of hydrogen-bond acceptors (Lipinski definition) is 8. The first-order chi connectivity index (χ1) is 13.2. The van der Waals surface area contributed by atoms with Gasteiger partial charge in [0.25, 0.3) is 0 Å². The topological polar surface area (TPSA) is 101 Å². The second kappa shape index (κ2) is 8.40. The summed E-state index contributed by atoms with van der Waals surface area (Å²) in [6.45, 7) is 14.5. The van der Waals surface area contributed by atoms with Crippen molar-refractivity contribution < 1.29 is 13.8 Å². The SMILES string of the molecule is CC(C)c1noc(CN2CCN(CC(=O)Nc3cc(C(C)(C)C)no3)CC2)n1. The first-order valence-corrected chi connectivity index (χ1v) is 9.75. The van der Waals surface area contributed by atoms with E-state index >= 15 is 0 Å². The highest BCUT2D eigenvalue weighted by atomic mass is 16.5. The highest BCUT2D eigenvalue weighted by Gasteiger charge is 2.23. The Morgan fingerprint density at radius 3 is 2.39 bits per heavy atom.